The third-order valence-electron chi connectivity index (χ3n) is 5.70. The molecular weight excluding hydrogens is 486 g/mol. The number of nitrogens with one attached hydrogen (secondary N) is 2. The maximum Gasteiger partial charge on any atom is 0.269 e. The lowest BCUT2D eigenvalue weighted by molar-refractivity contribution is -0.384. The normalized spacial score (nSPS) is 16.9. The summed E-state index contributed by atoms with van der Waals surface area (Å²) in [7, 11) is -3.46. The molecule has 11 heteroatoms. The average molecular weight is 510 g/mol. The molecule has 1 atom stereocenters. The van der Waals surface area contributed by atoms with Crippen LogP contribution in [0.2, 0.25) is 0 Å². The van der Waals surface area contributed by atoms with Crippen molar-refractivity contribution in [2.24, 2.45) is 0 Å². The van der Waals surface area contributed by atoms with Crippen LogP contribution >= 0.6 is 0 Å². The van der Waals surface area contributed by atoms with Gasteiger partial charge in [0.15, 0.2) is 9.84 Å². The molecule has 0 saturated carbocycles. The van der Waals surface area contributed by atoms with Crippen LogP contribution in [0.25, 0.3) is 17.4 Å². The fourth-order valence-corrected chi connectivity index (χ4v) is 5.38. The van der Waals surface area contributed by atoms with Crippen LogP contribution in [0.15, 0.2) is 70.8 Å². The molecule has 36 heavy (non-hydrogen) atoms. The minimum absolute atomic E-state index is 0.0104. The molecule has 1 fully saturated rings. The molecule has 0 aliphatic carbocycles. The molecule has 1 saturated heterocycles. The number of nitro benzene ring substituents is 1. The quantitative estimate of drug-likeness (QED) is 0.281. The van der Waals surface area contributed by atoms with Crippen LogP contribution < -0.4 is 10.6 Å². The maximum atomic E-state index is 13.0. The number of hydrogen-bond donors (Lipinski definition) is 2. The summed E-state index contributed by atoms with van der Waals surface area (Å²) in [5, 5.41) is 14.9. The predicted octanol–water partition coefficient (Wildman–Crippen LogP) is 3.59. The van der Waals surface area contributed by atoms with Crippen LogP contribution in [0.4, 0.5) is 5.69 Å². The summed E-state index contributed by atoms with van der Waals surface area (Å²) in [6.07, 6.45) is 2.04. The lowest BCUT2D eigenvalue weighted by Gasteiger charge is -2.15. The van der Waals surface area contributed by atoms with Gasteiger partial charge in [0.25, 0.3) is 17.5 Å². The van der Waals surface area contributed by atoms with Crippen molar-refractivity contribution in [2.45, 2.75) is 25.1 Å². The first kappa shape index (κ1) is 24.9. The van der Waals surface area contributed by atoms with Gasteiger partial charge < -0.3 is 15.1 Å². The van der Waals surface area contributed by atoms with Crippen molar-refractivity contribution >= 4 is 33.4 Å². The van der Waals surface area contributed by atoms with Crippen LogP contribution in [0, 0.1) is 17.0 Å². The van der Waals surface area contributed by atoms with Crippen molar-refractivity contribution in [1.29, 1.82) is 0 Å². The number of furan rings is 1. The molecule has 1 aromatic heterocycles. The highest BCUT2D eigenvalue weighted by atomic mass is 32.2. The summed E-state index contributed by atoms with van der Waals surface area (Å²) in [6, 6.07) is 15.7. The van der Waals surface area contributed by atoms with Gasteiger partial charge in [0, 0.05) is 29.3 Å². The van der Waals surface area contributed by atoms with E-state index in [2.05, 4.69) is 10.6 Å². The minimum Gasteiger partial charge on any atom is -0.457 e. The molecule has 2 aromatic carbocycles. The number of sulfone groups is 1. The Kier molecular flexibility index (Phi) is 7.02. The van der Waals surface area contributed by atoms with E-state index in [1.54, 1.807) is 36.4 Å². The van der Waals surface area contributed by atoms with E-state index in [-0.39, 0.29) is 29.3 Å². The Morgan fingerprint density at radius 1 is 1.06 bits per heavy atom. The first-order valence-corrected chi connectivity index (χ1v) is 12.8. The van der Waals surface area contributed by atoms with E-state index in [0.29, 0.717) is 23.3 Å². The smallest absolute Gasteiger partial charge is 0.269 e. The van der Waals surface area contributed by atoms with E-state index in [1.165, 1.54) is 30.3 Å². The van der Waals surface area contributed by atoms with Gasteiger partial charge in [-0.15, -0.1) is 0 Å². The zero-order valence-corrected chi connectivity index (χ0v) is 20.1. The molecule has 1 aliphatic heterocycles. The molecule has 3 aromatic rings. The van der Waals surface area contributed by atoms with Gasteiger partial charge in [0.2, 0.25) is 0 Å². The van der Waals surface area contributed by atoms with Crippen LogP contribution in [0.3, 0.4) is 0 Å². The molecule has 2 N–H and O–H groups in total. The minimum atomic E-state index is -3.46. The Bertz CT molecular complexity index is 1440. The summed E-state index contributed by atoms with van der Waals surface area (Å²) >= 11 is 0. The number of rotatable bonds is 7. The number of nitrogens with zero attached hydrogens (tertiary/aromatic N) is 1. The van der Waals surface area contributed by atoms with Crippen LogP contribution in [-0.2, 0) is 14.6 Å². The standard InChI is InChI=1S/C25H23N3O7S/c1-16-4-6-18(7-5-16)24(29)26-21(25(30)27-23-3-2-14-36(23,33)34)15-20-12-13-22(35-20)17-8-10-19(11-9-17)28(31)32/h4-13,15,23H,2-3,14H2,1H3,(H,26,29)(H,27,30)/b21-15+. The lowest BCUT2D eigenvalue weighted by atomic mass is 10.1. The number of amides is 2. The van der Waals surface area contributed by atoms with Crippen LogP contribution in [0.5, 0.6) is 0 Å². The second-order valence-electron chi connectivity index (χ2n) is 8.36. The maximum absolute atomic E-state index is 13.0. The van der Waals surface area contributed by atoms with E-state index in [9.17, 15) is 28.1 Å². The van der Waals surface area contributed by atoms with Crippen molar-refractivity contribution in [1.82, 2.24) is 10.6 Å². The highest BCUT2D eigenvalue weighted by Crippen LogP contribution is 2.25. The zero-order chi connectivity index (χ0) is 25.9. The summed E-state index contributed by atoms with van der Waals surface area (Å²) in [5.41, 5.74) is 1.60. The second kappa shape index (κ2) is 10.2. The van der Waals surface area contributed by atoms with Gasteiger partial charge >= 0.3 is 0 Å². The zero-order valence-electron chi connectivity index (χ0n) is 19.3. The number of nitro groups is 1. The van der Waals surface area contributed by atoms with Gasteiger partial charge in [-0.2, -0.15) is 0 Å². The van der Waals surface area contributed by atoms with Gasteiger partial charge in [0.1, 0.15) is 22.6 Å². The van der Waals surface area contributed by atoms with Crippen molar-refractivity contribution in [2.75, 3.05) is 5.75 Å². The fourth-order valence-electron chi connectivity index (χ4n) is 3.71. The highest BCUT2D eigenvalue weighted by Gasteiger charge is 2.33. The van der Waals surface area contributed by atoms with Gasteiger partial charge in [-0.3, -0.25) is 19.7 Å². The first-order chi connectivity index (χ1) is 17.1. The largest absolute Gasteiger partial charge is 0.457 e. The third kappa shape index (κ3) is 5.69. The molecule has 0 bridgehead atoms. The summed E-state index contributed by atoms with van der Waals surface area (Å²) in [6.45, 7) is 1.88. The van der Waals surface area contributed by atoms with Crippen molar-refractivity contribution in [3.63, 3.8) is 0 Å². The molecule has 0 radical (unpaired) electrons. The molecule has 186 valence electrons. The van der Waals surface area contributed by atoms with Crippen molar-refractivity contribution < 1.29 is 27.3 Å². The first-order valence-electron chi connectivity index (χ1n) is 11.1. The van der Waals surface area contributed by atoms with E-state index in [1.807, 2.05) is 6.92 Å². The van der Waals surface area contributed by atoms with Crippen molar-refractivity contribution in [3.8, 4) is 11.3 Å². The fraction of sp³-hybridized carbons (Fsp3) is 0.200. The summed E-state index contributed by atoms with van der Waals surface area (Å²) in [5.74, 6) is -0.720. The summed E-state index contributed by atoms with van der Waals surface area (Å²) in [4.78, 5) is 36.2. The SMILES string of the molecule is Cc1ccc(C(=O)N/C(=C/c2ccc(-c3ccc([N+](=O)[O-])cc3)o2)C(=O)NC2CCCS2(=O)=O)cc1. The van der Waals surface area contributed by atoms with Gasteiger partial charge in [-0.05, 0) is 56.2 Å². The topological polar surface area (TPSA) is 149 Å². The number of non-ortho nitro benzene ring substituents is 1. The highest BCUT2D eigenvalue weighted by molar-refractivity contribution is 7.92. The van der Waals surface area contributed by atoms with E-state index in [0.717, 1.165) is 5.56 Å². The Morgan fingerprint density at radius 2 is 1.75 bits per heavy atom. The van der Waals surface area contributed by atoms with Crippen LogP contribution in [0.1, 0.15) is 34.5 Å². The summed E-state index contributed by atoms with van der Waals surface area (Å²) < 4.78 is 30.2. The van der Waals surface area contributed by atoms with E-state index in [4.69, 9.17) is 4.42 Å². The Balaban J connectivity index is 1.61. The molecule has 2 heterocycles. The molecule has 1 unspecified atom stereocenters. The van der Waals surface area contributed by atoms with Gasteiger partial charge in [-0.1, -0.05) is 17.7 Å². The number of carbonyl (C=O) groups is 2. The van der Waals surface area contributed by atoms with E-state index < -0.39 is 31.9 Å². The number of carbonyl (C=O) groups excluding carboxylic acids is 2. The van der Waals surface area contributed by atoms with Gasteiger partial charge in [-0.25, -0.2) is 8.42 Å². The predicted molar refractivity (Wildman–Crippen MR) is 132 cm³/mol. The van der Waals surface area contributed by atoms with Crippen LogP contribution in [-0.4, -0.2) is 36.3 Å². The monoisotopic (exact) mass is 509 g/mol. The van der Waals surface area contributed by atoms with E-state index >= 15 is 0 Å². The molecule has 2 amide bonds. The number of aryl methyl sites for hydroxylation is 1. The third-order valence-corrected chi connectivity index (χ3v) is 7.78. The Morgan fingerprint density at radius 3 is 2.36 bits per heavy atom. The van der Waals surface area contributed by atoms with Gasteiger partial charge in [0.05, 0.1) is 10.7 Å². The molecule has 0 spiro atoms. The molecule has 1 aliphatic rings. The lowest BCUT2D eigenvalue weighted by Crippen LogP contribution is -2.42. The van der Waals surface area contributed by atoms with Crippen molar-refractivity contribution in [3.05, 3.63) is 93.4 Å². The average Bonchev–Trinajstić information content (AvgIpc) is 3.45. The second-order valence-corrected chi connectivity index (χ2v) is 10.7. The Hall–Kier alpha value is -4.25. The Labute approximate surface area is 207 Å². The molecular formula is C25H23N3O7S. The molecule has 4 rings (SSSR count). The number of hydrogen-bond acceptors (Lipinski definition) is 7. The number of benzene rings is 2. The molecule has 10 nitrogen and oxygen atoms in total.